The van der Waals surface area contributed by atoms with Gasteiger partial charge in [0.05, 0.1) is 28.5 Å². The number of carbonyl (C=O) groups is 3. The second kappa shape index (κ2) is 7.52. The van der Waals surface area contributed by atoms with Crippen molar-refractivity contribution < 1.29 is 24.0 Å². The van der Waals surface area contributed by atoms with Gasteiger partial charge in [0.2, 0.25) is 0 Å². The first-order valence-corrected chi connectivity index (χ1v) is 10.1. The molecule has 2 fully saturated rings. The first-order valence-electron chi connectivity index (χ1n) is 10.1. The average Bonchev–Trinajstić information content (AvgIpc) is 3.47. The number of hydrazone groups is 1. The first kappa shape index (κ1) is 19.8. The van der Waals surface area contributed by atoms with Gasteiger partial charge in [0.25, 0.3) is 17.5 Å². The molecular formula is C23H17N3O6. The summed E-state index contributed by atoms with van der Waals surface area (Å²) in [6.45, 7) is 0. The minimum Gasteiger partial charge on any atom is -0.422 e. The molecule has 3 aliphatic rings. The van der Waals surface area contributed by atoms with Crippen LogP contribution in [-0.4, -0.2) is 33.9 Å². The standard InChI is InChI=1S/C23H17N3O6/c27-21-19-14-5-6-15(11-14)20(19)22(28)25(21)24-12-16-3-1-2-4-18(16)32-23(29)13-7-9-17(10-8-13)26(30)31/h1-10,12,14-15,19-20H,11H2. The number of esters is 1. The van der Waals surface area contributed by atoms with Gasteiger partial charge in [-0.1, -0.05) is 24.3 Å². The topological polar surface area (TPSA) is 119 Å². The van der Waals surface area contributed by atoms with Crippen LogP contribution in [0.4, 0.5) is 5.69 Å². The quantitative estimate of drug-likeness (QED) is 0.137. The molecule has 0 N–H and O–H groups in total. The molecule has 5 rings (SSSR count). The highest BCUT2D eigenvalue weighted by Crippen LogP contribution is 2.52. The van der Waals surface area contributed by atoms with Crippen molar-refractivity contribution >= 4 is 29.7 Å². The summed E-state index contributed by atoms with van der Waals surface area (Å²) in [7, 11) is 0. The van der Waals surface area contributed by atoms with Gasteiger partial charge in [-0.3, -0.25) is 19.7 Å². The summed E-state index contributed by atoms with van der Waals surface area (Å²) in [5, 5.41) is 15.8. The Kier molecular flexibility index (Phi) is 4.66. The molecule has 0 spiro atoms. The van der Waals surface area contributed by atoms with Gasteiger partial charge in [0.1, 0.15) is 5.75 Å². The summed E-state index contributed by atoms with van der Waals surface area (Å²) in [6.07, 6.45) is 6.19. The lowest BCUT2D eigenvalue weighted by Crippen LogP contribution is -2.28. The van der Waals surface area contributed by atoms with Crippen molar-refractivity contribution in [3.8, 4) is 5.75 Å². The lowest BCUT2D eigenvalue weighted by Gasteiger charge is -2.13. The van der Waals surface area contributed by atoms with E-state index in [1.807, 2.05) is 12.2 Å². The van der Waals surface area contributed by atoms with Crippen LogP contribution in [0.15, 0.2) is 65.8 Å². The number of amides is 2. The zero-order chi connectivity index (χ0) is 22.4. The molecule has 4 atom stereocenters. The van der Waals surface area contributed by atoms with E-state index in [0.717, 1.165) is 11.4 Å². The van der Waals surface area contributed by atoms with Gasteiger partial charge in [-0.05, 0) is 42.5 Å². The maximum Gasteiger partial charge on any atom is 0.343 e. The third-order valence-corrected chi connectivity index (χ3v) is 6.19. The van der Waals surface area contributed by atoms with Crippen LogP contribution in [0.1, 0.15) is 22.3 Å². The average molecular weight is 431 g/mol. The number of nitro groups is 1. The van der Waals surface area contributed by atoms with Crippen LogP contribution in [0.5, 0.6) is 5.75 Å². The summed E-state index contributed by atoms with van der Waals surface area (Å²) in [5.41, 5.74) is 0.409. The summed E-state index contributed by atoms with van der Waals surface area (Å²) >= 11 is 0. The molecule has 160 valence electrons. The molecule has 1 heterocycles. The lowest BCUT2D eigenvalue weighted by molar-refractivity contribution is -0.384. The highest BCUT2D eigenvalue weighted by Gasteiger charge is 2.59. The zero-order valence-corrected chi connectivity index (χ0v) is 16.7. The van der Waals surface area contributed by atoms with Gasteiger partial charge in [-0.15, -0.1) is 0 Å². The molecule has 2 aliphatic carbocycles. The number of nitro benzene ring substituents is 1. The van der Waals surface area contributed by atoms with Crippen LogP contribution >= 0.6 is 0 Å². The Morgan fingerprint density at radius 3 is 2.28 bits per heavy atom. The Balaban J connectivity index is 1.33. The van der Waals surface area contributed by atoms with E-state index < -0.39 is 10.9 Å². The van der Waals surface area contributed by atoms with Crippen LogP contribution in [0.3, 0.4) is 0 Å². The molecule has 1 saturated heterocycles. The molecule has 1 aliphatic heterocycles. The molecule has 1 saturated carbocycles. The molecule has 4 unspecified atom stereocenters. The Labute approximate surface area is 182 Å². The normalized spacial score (nSPS) is 25.6. The summed E-state index contributed by atoms with van der Waals surface area (Å²) < 4.78 is 5.42. The number of para-hydroxylation sites is 1. The molecule has 2 amide bonds. The molecule has 32 heavy (non-hydrogen) atoms. The molecule has 0 radical (unpaired) electrons. The van der Waals surface area contributed by atoms with E-state index in [2.05, 4.69) is 5.10 Å². The maximum atomic E-state index is 12.8. The lowest BCUT2D eigenvalue weighted by atomic mass is 9.85. The smallest absolute Gasteiger partial charge is 0.343 e. The van der Waals surface area contributed by atoms with Gasteiger partial charge in [-0.25, -0.2) is 4.79 Å². The number of ether oxygens (including phenoxy) is 1. The van der Waals surface area contributed by atoms with Gasteiger partial charge >= 0.3 is 5.97 Å². The van der Waals surface area contributed by atoms with Crippen molar-refractivity contribution in [2.75, 3.05) is 0 Å². The summed E-state index contributed by atoms with van der Waals surface area (Å²) in [6, 6.07) is 11.6. The Morgan fingerprint density at radius 2 is 1.66 bits per heavy atom. The fourth-order valence-corrected chi connectivity index (χ4v) is 4.68. The number of non-ortho nitro benzene ring substituents is 1. The van der Waals surface area contributed by atoms with Gasteiger partial charge < -0.3 is 4.74 Å². The van der Waals surface area contributed by atoms with E-state index in [4.69, 9.17) is 4.74 Å². The number of rotatable bonds is 5. The molecular weight excluding hydrogens is 414 g/mol. The number of hydrogen-bond donors (Lipinski definition) is 0. The van der Waals surface area contributed by atoms with Gasteiger partial charge in [-0.2, -0.15) is 10.1 Å². The summed E-state index contributed by atoms with van der Waals surface area (Å²) in [5.74, 6) is -1.61. The number of fused-ring (bicyclic) bond motifs is 5. The Morgan fingerprint density at radius 1 is 1.03 bits per heavy atom. The number of imide groups is 1. The molecule has 2 aromatic rings. The van der Waals surface area contributed by atoms with Crippen molar-refractivity contribution in [1.29, 1.82) is 0 Å². The van der Waals surface area contributed by atoms with E-state index in [1.165, 1.54) is 30.5 Å². The zero-order valence-electron chi connectivity index (χ0n) is 16.7. The largest absolute Gasteiger partial charge is 0.422 e. The second-order valence-corrected chi connectivity index (χ2v) is 7.96. The SMILES string of the molecule is O=C(Oc1ccccc1C=NN1C(=O)C2C3C=CC(C3)C2C1=O)c1ccc([N+](=O)[O-])cc1. The minimum atomic E-state index is -0.703. The third kappa shape index (κ3) is 3.18. The number of hydrogen-bond acceptors (Lipinski definition) is 7. The first-order chi connectivity index (χ1) is 15.4. The Hall–Kier alpha value is -4.14. The van der Waals surface area contributed by atoms with Crippen molar-refractivity contribution in [1.82, 2.24) is 5.01 Å². The van der Waals surface area contributed by atoms with Crippen LogP contribution < -0.4 is 4.74 Å². The second-order valence-electron chi connectivity index (χ2n) is 7.96. The van der Waals surface area contributed by atoms with Crippen LogP contribution in [-0.2, 0) is 9.59 Å². The van der Waals surface area contributed by atoms with Gasteiger partial charge in [0, 0.05) is 17.7 Å². The van der Waals surface area contributed by atoms with Crippen molar-refractivity contribution in [2.24, 2.45) is 28.8 Å². The van der Waals surface area contributed by atoms with E-state index in [0.29, 0.717) is 5.56 Å². The van der Waals surface area contributed by atoms with Crippen molar-refractivity contribution in [3.05, 3.63) is 81.9 Å². The Bertz CT molecular complexity index is 1170. The van der Waals surface area contributed by atoms with Crippen LogP contribution in [0, 0.1) is 33.8 Å². The van der Waals surface area contributed by atoms with Crippen molar-refractivity contribution in [3.63, 3.8) is 0 Å². The number of nitrogens with zero attached hydrogens (tertiary/aromatic N) is 3. The number of allylic oxidation sites excluding steroid dienone is 2. The van der Waals surface area contributed by atoms with Gasteiger partial charge in [0.15, 0.2) is 0 Å². The molecule has 2 bridgehead atoms. The highest BCUT2D eigenvalue weighted by molar-refractivity contribution is 6.07. The minimum absolute atomic E-state index is 0.0941. The predicted molar refractivity (Wildman–Crippen MR) is 112 cm³/mol. The number of benzene rings is 2. The maximum absolute atomic E-state index is 12.8. The fraction of sp³-hybridized carbons (Fsp3) is 0.217. The number of carbonyl (C=O) groups excluding carboxylic acids is 3. The predicted octanol–water partition coefficient (Wildman–Crippen LogP) is 2.96. The van der Waals surface area contributed by atoms with E-state index in [9.17, 15) is 24.5 Å². The van der Waals surface area contributed by atoms with E-state index in [-0.39, 0.29) is 52.5 Å². The molecule has 9 heteroatoms. The van der Waals surface area contributed by atoms with Crippen molar-refractivity contribution in [2.45, 2.75) is 6.42 Å². The fourth-order valence-electron chi connectivity index (χ4n) is 4.68. The summed E-state index contributed by atoms with van der Waals surface area (Å²) in [4.78, 5) is 48.2. The van der Waals surface area contributed by atoms with E-state index >= 15 is 0 Å². The molecule has 2 aromatic carbocycles. The highest BCUT2D eigenvalue weighted by atomic mass is 16.6. The monoisotopic (exact) mass is 431 g/mol. The van der Waals surface area contributed by atoms with Crippen LogP contribution in [0.25, 0.3) is 0 Å². The third-order valence-electron chi connectivity index (χ3n) is 6.19. The van der Waals surface area contributed by atoms with E-state index in [1.54, 1.807) is 24.3 Å². The molecule has 0 aromatic heterocycles. The van der Waals surface area contributed by atoms with Crippen LogP contribution in [0.2, 0.25) is 0 Å². The molecule has 9 nitrogen and oxygen atoms in total.